The Morgan fingerprint density at radius 3 is 2.41 bits per heavy atom. The van der Waals surface area contributed by atoms with Gasteiger partial charge in [-0.15, -0.1) is 4.83 Å². The van der Waals surface area contributed by atoms with E-state index < -0.39 is 22.0 Å². The molecule has 0 unspecified atom stereocenters. The summed E-state index contributed by atoms with van der Waals surface area (Å²) in [5.74, 6) is -0.569. The smallest absolute Gasteiger partial charge is 0.333 e. The number of amides is 2. The number of hydrazine groups is 1. The van der Waals surface area contributed by atoms with Crippen LogP contribution in [0.1, 0.15) is 6.92 Å². The van der Waals surface area contributed by atoms with Crippen molar-refractivity contribution in [3.05, 3.63) is 48.6 Å². The van der Waals surface area contributed by atoms with Gasteiger partial charge in [0.2, 0.25) is 0 Å². The Hall–Kier alpha value is -3.11. The van der Waals surface area contributed by atoms with Crippen LogP contribution in [-0.2, 0) is 19.6 Å². The van der Waals surface area contributed by atoms with E-state index in [0.29, 0.717) is 5.39 Å². The predicted octanol–water partition coefficient (Wildman–Crippen LogP) is 1.52. The average Bonchev–Trinajstić information content (AvgIpc) is 2.68. The zero-order valence-electron chi connectivity index (χ0n) is 16.5. The molecule has 156 valence electrons. The van der Waals surface area contributed by atoms with Crippen LogP contribution in [0.3, 0.4) is 0 Å². The third-order valence-electron chi connectivity index (χ3n) is 3.90. The van der Waals surface area contributed by atoms with E-state index in [0.717, 1.165) is 11.1 Å². The summed E-state index contributed by atoms with van der Waals surface area (Å²) in [7, 11) is -0.280. The predicted molar refractivity (Wildman–Crippen MR) is 111 cm³/mol. The van der Waals surface area contributed by atoms with Crippen LogP contribution in [0.15, 0.2) is 53.4 Å². The first-order chi connectivity index (χ1) is 13.6. The van der Waals surface area contributed by atoms with Crippen LogP contribution < -0.4 is 20.5 Å². The molecule has 0 saturated heterocycles. The quantitative estimate of drug-likeness (QED) is 0.258. The molecule has 0 saturated carbocycles. The van der Waals surface area contributed by atoms with Gasteiger partial charge in [-0.25, -0.2) is 18.0 Å². The molecule has 0 radical (unpaired) electrons. The van der Waals surface area contributed by atoms with Gasteiger partial charge in [0.15, 0.2) is 0 Å². The van der Waals surface area contributed by atoms with Crippen molar-refractivity contribution >= 4 is 38.5 Å². The Morgan fingerprint density at radius 2 is 1.76 bits per heavy atom. The molecule has 0 aliphatic rings. The van der Waals surface area contributed by atoms with Crippen molar-refractivity contribution in [2.24, 2.45) is 0 Å². The summed E-state index contributed by atoms with van der Waals surface area (Å²) >= 11 is 0. The van der Waals surface area contributed by atoms with Gasteiger partial charge in [-0.2, -0.15) is 0 Å². The highest BCUT2D eigenvalue weighted by Crippen LogP contribution is 2.29. The number of carbonyl (C=O) groups excluding carboxylic acids is 2. The van der Waals surface area contributed by atoms with Crippen LogP contribution in [0, 0.1) is 0 Å². The van der Waals surface area contributed by atoms with Gasteiger partial charge in [0.05, 0.1) is 11.4 Å². The molecule has 0 aliphatic carbocycles. The van der Waals surface area contributed by atoms with E-state index in [2.05, 4.69) is 22.2 Å². The summed E-state index contributed by atoms with van der Waals surface area (Å²) in [5.41, 5.74) is 3.19. The molecule has 0 aliphatic heterocycles. The van der Waals surface area contributed by atoms with E-state index >= 15 is 0 Å². The molecular formula is C19H24N4O5S. The highest BCUT2D eigenvalue weighted by Gasteiger charge is 2.19. The molecule has 0 atom stereocenters. The highest BCUT2D eigenvalue weighted by atomic mass is 32.2. The number of ether oxygens (including phenoxy) is 1. The maximum atomic E-state index is 12.7. The van der Waals surface area contributed by atoms with Crippen molar-refractivity contribution in [1.29, 1.82) is 0 Å². The Kier molecular flexibility index (Phi) is 7.18. The van der Waals surface area contributed by atoms with Gasteiger partial charge in [0, 0.05) is 36.1 Å². The summed E-state index contributed by atoms with van der Waals surface area (Å²) in [4.78, 5) is 27.0. The molecule has 10 heteroatoms. The van der Waals surface area contributed by atoms with Crippen LogP contribution in [0.4, 0.5) is 10.5 Å². The molecule has 2 aromatic rings. The largest absolute Gasteiger partial charge is 0.460 e. The number of fused-ring (bicyclic) bond motifs is 1. The fraction of sp³-hybridized carbons (Fsp3) is 0.263. The number of hydrogen-bond donors (Lipinski definition) is 3. The lowest BCUT2D eigenvalue weighted by molar-refractivity contribution is -0.138. The lowest BCUT2D eigenvalue weighted by Crippen LogP contribution is -2.47. The number of nitrogens with zero attached hydrogens (tertiary/aromatic N) is 1. The van der Waals surface area contributed by atoms with Gasteiger partial charge in [-0.05, 0) is 19.1 Å². The van der Waals surface area contributed by atoms with Crippen LogP contribution in [0.2, 0.25) is 0 Å². The number of rotatable bonds is 8. The number of esters is 1. The summed E-state index contributed by atoms with van der Waals surface area (Å²) in [5, 5.41) is 3.67. The number of urea groups is 1. The van der Waals surface area contributed by atoms with Crippen molar-refractivity contribution in [2.75, 3.05) is 32.1 Å². The van der Waals surface area contributed by atoms with Gasteiger partial charge >= 0.3 is 12.0 Å². The number of benzene rings is 2. The molecule has 0 fully saturated rings. The van der Waals surface area contributed by atoms with Crippen molar-refractivity contribution in [3.63, 3.8) is 0 Å². The zero-order valence-corrected chi connectivity index (χ0v) is 17.3. The third-order valence-corrected chi connectivity index (χ3v) is 5.20. The number of hydrogen-bond acceptors (Lipinski definition) is 6. The van der Waals surface area contributed by atoms with E-state index in [-0.39, 0.29) is 23.6 Å². The number of sulfonamides is 1. The minimum absolute atomic E-state index is 0.00699. The second-order valence-corrected chi connectivity index (χ2v) is 8.08. The summed E-state index contributed by atoms with van der Waals surface area (Å²) in [6.07, 6.45) is 0. The van der Waals surface area contributed by atoms with E-state index in [1.807, 2.05) is 31.1 Å². The first kappa shape index (κ1) is 22.2. The van der Waals surface area contributed by atoms with Crippen LogP contribution in [0.25, 0.3) is 10.8 Å². The standard InChI is InChI=1S/C19H24N4O5S/c1-13(2)18(24)28-12-11-20-19(25)21-22-29(26,27)17-10-6-7-14-15(17)8-5-9-16(14)23(3)4/h5-10,22H,1,11-12H2,2-4H3,(H2,20,21,25). The SMILES string of the molecule is C=C(C)C(=O)OCCNC(=O)NNS(=O)(=O)c1cccc2c(N(C)C)cccc12. The van der Waals surface area contributed by atoms with Gasteiger partial charge < -0.3 is 15.0 Å². The van der Waals surface area contributed by atoms with Crippen LogP contribution >= 0.6 is 0 Å². The van der Waals surface area contributed by atoms with Crippen molar-refractivity contribution < 1.29 is 22.7 Å². The molecule has 0 heterocycles. The van der Waals surface area contributed by atoms with E-state index in [4.69, 9.17) is 4.74 Å². The van der Waals surface area contributed by atoms with Gasteiger partial charge in [-0.1, -0.05) is 30.8 Å². The van der Waals surface area contributed by atoms with E-state index in [1.54, 1.807) is 18.2 Å². The minimum atomic E-state index is -4.02. The molecule has 0 aromatic heterocycles. The maximum absolute atomic E-state index is 12.7. The second-order valence-electron chi connectivity index (χ2n) is 6.43. The summed E-state index contributed by atoms with van der Waals surface area (Å²) in [6, 6.07) is 9.50. The van der Waals surface area contributed by atoms with Crippen LogP contribution in [0.5, 0.6) is 0 Å². The molecule has 0 spiro atoms. The molecule has 29 heavy (non-hydrogen) atoms. The van der Waals surface area contributed by atoms with Gasteiger partial charge in [0.25, 0.3) is 10.0 Å². The Labute approximate surface area is 169 Å². The molecule has 2 aromatic carbocycles. The maximum Gasteiger partial charge on any atom is 0.333 e. The lowest BCUT2D eigenvalue weighted by Gasteiger charge is -2.17. The minimum Gasteiger partial charge on any atom is -0.460 e. The molecule has 2 rings (SSSR count). The Bertz CT molecular complexity index is 1030. The highest BCUT2D eigenvalue weighted by molar-refractivity contribution is 7.89. The first-order valence-electron chi connectivity index (χ1n) is 8.71. The van der Waals surface area contributed by atoms with Gasteiger partial charge in [0.1, 0.15) is 6.61 Å². The fourth-order valence-corrected chi connectivity index (χ4v) is 3.60. The van der Waals surface area contributed by atoms with E-state index in [9.17, 15) is 18.0 Å². The Balaban J connectivity index is 2.03. The first-order valence-corrected chi connectivity index (χ1v) is 10.2. The zero-order chi connectivity index (χ0) is 21.6. The van der Waals surface area contributed by atoms with Crippen molar-refractivity contribution in [3.8, 4) is 0 Å². The average molecular weight is 420 g/mol. The molecule has 3 N–H and O–H groups in total. The topological polar surface area (TPSA) is 117 Å². The Morgan fingerprint density at radius 1 is 1.10 bits per heavy atom. The molecule has 2 amide bonds. The number of nitrogens with one attached hydrogen (secondary N) is 3. The third kappa shape index (κ3) is 5.69. The fourth-order valence-electron chi connectivity index (χ4n) is 2.53. The summed E-state index contributed by atoms with van der Waals surface area (Å²) in [6.45, 7) is 4.88. The van der Waals surface area contributed by atoms with Crippen molar-refractivity contribution in [1.82, 2.24) is 15.6 Å². The summed E-state index contributed by atoms with van der Waals surface area (Å²) < 4.78 is 30.2. The molecular weight excluding hydrogens is 396 g/mol. The normalized spacial score (nSPS) is 11.0. The monoisotopic (exact) mass is 420 g/mol. The van der Waals surface area contributed by atoms with Crippen molar-refractivity contribution in [2.45, 2.75) is 11.8 Å². The number of carbonyl (C=O) groups is 2. The molecule has 0 bridgehead atoms. The second kappa shape index (κ2) is 9.39. The number of anilines is 1. The molecule has 9 nitrogen and oxygen atoms in total. The van der Waals surface area contributed by atoms with Gasteiger partial charge in [-0.3, -0.25) is 5.43 Å². The lowest BCUT2D eigenvalue weighted by atomic mass is 10.1. The van der Waals surface area contributed by atoms with Crippen LogP contribution in [-0.4, -0.2) is 47.7 Å². The van der Waals surface area contributed by atoms with E-state index in [1.165, 1.54) is 13.0 Å².